The summed E-state index contributed by atoms with van der Waals surface area (Å²) in [6, 6.07) is 6.39. The Morgan fingerprint density at radius 2 is 1.69 bits per heavy atom. The summed E-state index contributed by atoms with van der Waals surface area (Å²) in [6.45, 7) is 2.28. The standard InChI is InChI=1S/C18H20O8/c1-11(19)25-15-8-9-23-16(17(15)26-12(2)20)10-24-18(21)13-4-6-14(22-3)7-5-13/h4-9,15-17H,10H2,1-3H3/t15-,16-,17+/m1/s1. The van der Waals surface area contributed by atoms with Crippen LogP contribution in [0, 0.1) is 0 Å². The van der Waals surface area contributed by atoms with E-state index in [0.717, 1.165) is 0 Å². The van der Waals surface area contributed by atoms with E-state index in [-0.39, 0.29) is 6.61 Å². The molecule has 1 heterocycles. The Bertz CT molecular complexity index is 679. The average molecular weight is 364 g/mol. The van der Waals surface area contributed by atoms with Crippen LogP contribution < -0.4 is 4.74 Å². The molecule has 0 aromatic heterocycles. The molecule has 0 fully saturated rings. The van der Waals surface area contributed by atoms with Crippen molar-refractivity contribution in [1.82, 2.24) is 0 Å². The monoisotopic (exact) mass is 364 g/mol. The van der Waals surface area contributed by atoms with Crippen molar-refractivity contribution in [3.8, 4) is 5.75 Å². The fourth-order valence-corrected chi connectivity index (χ4v) is 2.36. The van der Waals surface area contributed by atoms with Crippen molar-refractivity contribution >= 4 is 17.9 Å². The maximum Gasteiger partial charge on any atom is 0.338 e. The Morgan fingerprint density at radius 1 is 1.04 bits per heavy atom. The van der Waals surface area contributed by atoms with Crippen molar-refractivity contribution in [2.24, 2.45) is 0 Å². The number of ether oxygens (including phenoxy) is 5. The van der Waals surface area contributed by atoms with E-state index in [1.807, 2.05) is 0 Å². The van der Waals surface area contributed by atoms with Gasteiger partial charge in [-0.3, -0.25) is 9.59 Å². The first kappa shape index (κ1) is 19.3. The lowest BCUT2D eigenvalue weighted by Crippen LogP contribution is -2.47. The summed E-state index contributed by atoms with van der Waals surface area (Å²) in [5, 5.41) is 0. The summed E-state index contributed by atoms with van der Waals surface area (Å²) in [5.74, 6) is -1.07. The van der Waals surface area contributed by atoms with Gasteiger partial charge in [0.2, 0.25) is 0 Å². The lowest BCUT2D eigenvalue weighted by molar-refractivity contribution is -0.176. The van der Waals surface area contributed by atoms with Gasteiger partial charge in [0.15, 0.2) is 18.3 Å². The number of rotatable bonds is 6. The van der Waals surface area contributed by atoms with Crippen LogP contribution in [0.5, 0.6) is 5.75 Å². The van der Waals surface area contributed by atoms with Gasteiger partial charge in [0.1, 0.15) is 12.4 Å². The second-order valence-electron chi connectivity index (χ2n) is 5.48. The number of carbonyl (C=O) groups is 3. The third kappa shape index (κ3) is 5.23. The molecule has 1 aliphatic rings. The zero-order valence-electron chi connectivity index (χ0n) is 14.7. The normalized spacial score (nSPS) is 21.3. The molecule has 0 N–H and O–H groups in total. The summed E-state index contributed by atoms with van der Waals surface area (Å²) >= 11 is 0. The van der Waals surface area contributed by atoms with Gasteiger partial charge in [-0.1, -0.05) is 0 Å². The van der Waals surface area contributed by atoms with Crippen molar-refractivity contribution in [3.63, 3.8) is 0 Å². The molecule has 1 aliphatic heterocycles. The summed E-state index contributed by atoms with van der Waals surface area (Å²) in [6.07, 6.45) is 0.214. The number of carbonyl (C=O) groups excluding carboxylic acids is 3. The van der Waals surface area contributed by atoms with Gasteiger partial charge in [-0.05, 0) is 30.3 Å². The highest BCUT2D eigenvalue weighted by atomic mass is 16.6. The molecule has 0 saturated heterocycles. The predicted octanol–water partition coefficient (Wildman–Crippen LogP) is 1.63. The molecule has 0 spiro atoms. The lowest BCUT2D eigenvalue weighted by Gasteiger charge is -2.33. The van der Waals surface area contributed by atoms with Crippen LogP contribution in [0.3, 0.4) is 0 Å². The Labute approximate surface area is 150 Å². The van der Waals surface area contributed by atoms with E-state index in [9.17, 15) is 14.4 Å². The molecule has 0 radical (unpaired) electrons. The molecule has 0 bridgehead atoms. The van der Waals surface area contributed by atoms with E-state index < -0.39 is 36.2 Å². The predicted molar refractivity (Wildman–Crippen MR) is 88.4 cm³/mol. The fourth-order valence-electron chi connectivity index (χ4n) is 2.36. The van der Waals surface area contributed by atoms with Crippen molar-refractivity contribution in [2.45, 2.75) is 32.2 Å². The fraction of sp³-hybridized carbons (Fsp3) is 0.389. The summed E-state index contributed by atoms with van der Waals surface area (Å²) < 4.78 is 25.9. The minimum Gasteiger partial charge on any atom is -0.497 e. The highest BCUT2D eigenvalue weighted by molar-refractivity contribution is 5.89. The topological polar surface area (TPSA) is 97.4 Å². The summed E-state index contributed by atoms with van der Waals surface area (Å²) in [7, 11) is 1.52. The van der Waals surface area contributed by atoms with E-state index in [1.54, 1.807) is 24.3 Å². The molecule has 2 rings (SSSR count). The third-order valence-corrected chi connectivity index (χ3v) is 3.52. The SMILES string of the molecule is COc1ccc(C(=O)OC[C@H]2OC=C[C@@H](OC(C)=O)[C@@H]2OC(C)=O)cc1. The minimum atomic E-state index is -0.926. The molecule has 8 nitrogen and oxygen atoms in total. The number of benzene rings is 1. The molecular weight excluding hydrogens is 344 g/mol. The van der Waals surface area contributed by atoms with Crippen LogP contribution in [0.1, 0.15) is 24.2 Å². The zero-order chi connectivity index (χ0) is 19.1. The van der Waals surface area contributed by atoms with Crippen LogP contribution in [0.2, 0.25) is 0 Å². The van der Waals surface area contributed by atoms with Crippen LogP contribution >= 0.6 is 0 Å². The van der Waals surface area contributed by atoms with Gasteiger partial charge >= 0.3 is 17.9 Å². The van der Waals surface area contributed by atoms with Crippen LogP contribution in [-0.2, 0) is 28.5 Å². The van der Waals surface area contributed by atoms with Crippen molar-refractivity contribution in [1.29, 1.82) is 0 Å². The van der Waals surface area contributed by atoms with Gasteiger partial charge in [-0.25, -0.2) is 4.79 Å². The molecule has 0 unspecified atom stereocenters. The minimum absolute atomic E-state index is 0.190. The maximum atomic E-state index is 12.1. The molecule has 1 aromatic rings. The first-order chi connectivity index (χ1) is 12.4. The molecule has 8 heteroatoms. The quantitative estimate of drug-likeness (QED) is 0.555. The molecule has 0 saturated carbocycles. The Kier molecular flexibility index (Phi) is 6.60. The zero-order valence-corrected chi connectivity index (χ0v) is 14.7. The average Bonchev–Trinajstić information content (AvgIpc) is 2.61. The highest BCUT2D eigenvalue weighted by Gasteiger charge is 2.38. The highest BCUT2D eigenvalue weighted by Crippen LogP contribution is 2.20. The first-order valence-electron chi connectivity index (χ1n) is 7.88. The lowest BCUT2D eigenvalue weighted by atomic mass is 10.1. The molecule has 3 atom stereocenters. The molecule has 1 aromatic carbocycles. The van der Waals surface area contributed by atoms with E-state index in [2.05, 4.69) is 0 Å². The van der Waals surface area contributed by atoms with E-state index in [4.69, 9.17) is 23.7 Å². The largest absolute Gasteiger partial charge is 0.497 e. The second kappa shape index (κ2) is 8.89. The van der Waals surface area contributed by atoms with Crippen molar-refractivity contribution in [2.75, 3.05) is 13.7 Å². The van der Waals surface area contributed by atoms with Crippen molar-refractivity contribution < 1.29 is 38.1 Å². The van der Waals surface area contributed by atoms with Crippen molar-refractivity contribution in [3.05, 3.63) is 42.2 Å². The van der Waals surface area contributed by atoms with Gasteiger partial charge in [-0.2, -0.15) is 0 Å². The van der Waals surface area contributed by atoms with Crippen LogP contribution in [0.15, 0.2) is 36.6 Å². The van der Waals surface area contributed by atoms with Gasteiger partial charge in [0, 0.05) is 13.8 Å². The van der Waals surface area contributed by atoms with Gasteiger partial charge in [0.05, 0.1) is 18.9 Å². The molecule has 26 heavy (non-hydrogen) atoms. The Morgan fingerprint density at radius 3 is 2.27 bits per heavy atom. The van der Waals surface area contributed by atoms with E-state index in [1.165, 1.54) is 33.3 Å². The van der Waals surface area contributed by atoms with Gasteiger partial charge in [0.25, 0.3) is 0 Å². The molecular formula is C18H20O8. The molecule has 0 aliphatic carbocycles. The van der Waals surface area contributed by atoms with Crippen LogP contribution in [0.25, 0.3) is 0 Å². The van der Waals surface area contributed by atoms with Crippen LogP contribution in [-0.4, -0.2) is 49.9 Å². The summed E-state index contributed by atoms with van der Waals surface area (Å²) in [4.78, 5) is 34.7. The van der Waals surface area contributed by atoms with Gasteiger partial charge < -0.3 is 23.7 Å². The molecule has 0 amide bonds. The van der Waals surface area contributed by atoms with Gasteiger partial charge in [-0.15, -0.1) is 0 Å². The summed E-state index contributed by atoms with van der Waals surface area (Å²) in [5.41, 5.74) is 0.331. The first-order valence-corrected chi connectivity index (χ1v) is 7.88. The second-order valence-corrected chi connectivity index (χ2v) is 5.48. The maximum absolute atomic E-state index is 12.1. The van der Waals surface area contributed by atoms with E-state index in [0.29, 0.717) is 11.3 Å². The smallest absolute Gasteiger partial charge is 0.338 e. The number of esters is 3. The number of methoxy groups -OCH3 is 1. The van der Waals surface area contributed by atoms with Crippen LogP contribution in [0.4, 0.5) is 0 Å². The molecule has 140 valence electrons. The Hall–Kier alpha value is -3.03. The van der Waals surface area contributed by atoms with E-state index >= 15 is 0 Å². The Balaban J connectivity index is 2.02. The number of hydrogen-bond donors (Lipinski definition) is 0. The third-order valence-electron chi connectivity index (χ3n) is 3.52. The number of hydrogen-bond acceptors (Lipinski definition) is 8.